The lowest BCUT2D eigenvalue weighted by Crippen LogP contribution is -2.00. The van der Waals surface area contributed by atoms with Crippen LogP contribution in [0.2, 0.25) is 0 Å². The van der Waals surface area contributed by atoms with E-state index >= 15 is 0 Å². The third kappa shape index (κ3) is 2.48. The maximum Gasteiger partial charge on any atom is 0.208 e. The molecular weight excluding hydrogens is 342 g/mol. The molecule has 0 bridgehead atoms. The normalized spacial score (nSPS) is 15.3. The lowest BCUT2D eigenvalue weighted by atomic mass is 9.96. The van der Waals surface area contributed by atoms with Crippen LogP contribution >= 0.6 is 0 Å². The molecule has 0 spiro atoms. The second-order valence-corrected chi connectivity index (χ2v) is 7.57. The van der Waals surface area contributed by atoms with Crippen LogP contribution < -0.4 is 0 Å². The first-order valence-corrected chi connectivity index (χ1v) is 9.07. The van der Waals surface area contributed by atoms with Crippen LogP contribution in [0.25, 0.3) is 10.5 Å². The van der Waals surface area contributed by atoms with E-state index in [4.69, 9.17) is 0 Å². The van der Waals surface area contributed by atoms with Crippen molar-refractivity contribution in [1.82, 2.24) is 0 Å². The number of hydrogen-bond acceptors (Lipinski definition) is 2. The summed E-state index contributed by atoms with van der Waals surface area (Å²) < 4.78 is 52.8. The summed E-state index contributed by atoms with van der Waals surface area (Å²) >= 11 is 0. The van der Waals surface area contributed by atoms with Crippen molar-refractivity contribution in [3.8, 4) is 0 Å². The van der Waals surface area contributed by atoms with Gasteiger partial charge in [-0.05, 0) is 41.5 Å². The highest BCUT2D eigenvalue weighted by Gasteiger charge is 2.36. The van der Waals surface area contributed by atoms with E-state index in [1.807, 2.05) is 0 Å². The van der Waals surface area contributed by atoms with Crippen LogP contribution in [0.4, 0.5) is 8.78 Å². The van der Waals surface area contributed by atoms with Crippen molar-refractivity contribution in [1.29, 1.82) is 0 Å². The summed E-state index contributed by atoms with van der Waals surface area (Å²) in [4.78, 5) is 0.314. The van der Waals surface area contributed by atoms with Gasteiger partial charge in [0.2, 0.25) is 9.84 Å². The van der Waals surface area contributed by atoms with Crippen molar-refractivity contribution >= 4 is 20.3 Å². The molecule has 0 fully saturated rings. The van der Waals surface area contributed by atoms with Gasteiger partial charge in [0, 0.05) is 11.1 Å². The lowest BCUT2D eigenvalue weighted by Gasteiger charge is -2.08. The fourth-order valence-corrected chi connectivity index (χ4v) is 4.96. The minimum Gasteiger partial charge on any atom is -0.218 e. The number of rotatable bonds is 2. The molecule has 0 unspecified atom stereocenters. The van der Waals surface area contributed by atoms with Crippen molar-refractivity contribution in [3.63, 3.8) is 0 Å². The summed E-state index contributed by atoms with van der Waals surface area (Å²) in [6, 6.07) is 17.7. The summed E-state index contributed by atoms with van der Waals surface area (Å²) in [5.41, 5.74) is 2.06. The molecule has 1 aliphatic rings. The molecule has 25 heavy (non-hydrogen) atoms. The molecule has 4 rings (SSSR count). The van der Waals surface area contributed by atoms with E-state index in [9.17, 15) is 17.2 Å². The number of fused-ring (bicyclic) bond motifs is 1. The summed E-state index contributed by atoms with van der Waals surface area (Å²) in [6.07, 6.45) is 0. The van der Waals surface area contributed by atoms with Gasteiger partial charge in [-0.2, -0.15) is 0 Å². The molecule has 0 radical (unpaired) electrons. The molecule has 3 aromatic rings. The zero-order valence-corrected chi connectivity index (χ0v) is 13.7. The van der Waals surface area contributed by atoms with Gasteiger partial charge in [-0.3, -0.25) is 0 Å². The molecule has 1 aliphatic heterocycles. The van der Waals surface area contributed by atoms with Gasteiger partial charge in [0.15, 0.2) is 0 Å². The number of hydrogen-bond donors (Lipinski definition) is 0. The highest BCUT2D eigenvalue weighted by Crippen LogP contribution is 2.47. The standard InChI is InChI=1S/C20H12F2O2S/c21-15-9-5-13(6-10-15)19-17-3-1-2-4-18(17)25(23,24)20(19)14-7-11-16(22)12-8-14/h1-12H. The quantitative estimate of drug-likeness (QED) is 0.670. The highest BCUT2D eigenvalue weighted by atomic mass is 32.2. The Balaban J connectivity index is 2.08. The molecule has 0 N–H and O–H groups in total. The Bertz CT molecular complexity index is 1100. The van der Waals surface area contributed by atoms with E-state index in [2.05, 4.69) is 0 Å². The molecule has 0 aliphatic carbocycles. The molecule has 0 amide bonds. The fraction of sp³-hybridized carbons (Fsp3) is 0. The topological polar surface area (TPSA) is 34.1 Å². The molecule has 0 saturated heterocycles. The predicted octanol–water partition coefficient (Wildman–Crippen LogP) is 4.67. The van der Waals surface area contributed by atoms with Crippen LogP contribution in [0.15, 0.2) is 77.7 Å². The lowest BCUT2D eigenvalue weighted by molar-refractivity contribution is 0.606. The molecular formula is C20H12F2O2S. The third-order valence-electron chi connectivity index (χ3n) is 4.18. The van der Waals surface area contributed by atoms with Gasteiger partial charge in [0.05, 0.1) is 9.80 Å². The Kier molecular flexibility index (Phi) is 3.54. The molecule has 0 aromatic heterocycles. The average Bonchev–Trinajstić information content (AvgIpc) is 2.85. The first-order chi connectivity index (χ1) is 12.0. The molecule has 5 heteroatoms. The monoisotopic (exact) mass is 354 g/mol. The van der Waals surface area contributed by atoms with Gasteiger partial charge in [-0.15, -0.1) is 0 Å². The zero-order valence-electron chi connectivity index (χ0n) is 12.9. The largest absolute Gasteiger partial charge is 0.218 e. The third-order valence-corrected chi connectivity index (χ3v) is 6.09. The van der Waals surface area contributed by atoms with E-state index in [0.29, 0.717) is 22.3 Å². The second kappa shape index (κ2) is 5.63. The van der Waals surface area contributed by atoms with Crippen LogP contribution in [0.1, 0.15) is 16.7 Å². The van der Waals surface area contributed by atoms with Crippen LogP contribution in [0.3, 0.4) is 0 Å². The number of benzene rings is 3. The predicted molar refractivity (Wildman–Crippen MR) is 92.3 cm³/mol. The second-order valence-electron chi connectivity index (χ2n) is 5.72. The summed E-state index contributed by atoms with van der Waals surface area (Å²) in [6.45, 7) is 0. The van der Waals surface area contributed by atoms with Crippen LogP contribution in [-0.4, -0.2) is 8.42 Å². The van der Waals surface area contributed by atoms with E-state index < -0.39 is 21.5 Å². The summed E-state index contributed by atoms with van der Waals surface area (Å²) in [7, 11) is -3.76. The van der Waals surface area contributed by atoms with Gasteiger partial charge in [-0.1, -0.05) is 42.5 Å². The van der Waals surface area contributed by atoms with E-state index in [1.54, 1.807) is 36.4 Å². The minimum absolute atomic E-state index is 0.111. The first-order valence-electron chi connectivity index (χ1n) is 7.59. The maximum atomic E-state index is 13.3. The van der Waals surface area contributed by atoms with Crippen molar-refractivity contribution < 1.29 is 17.2 Å². The number of halogens is 2. The summed E-state index contributed by atoms with van der Waals surface area (Å²) in [5.74, 6) is -0.845. The maximum absolute atomic E-state index is 13.3. The smallest absolute Gasteiger partial charge is 0.208 e. The molecule has 124 valence electrons. The Morgan fingerprint density at radius 3 is 1.76 bits per heavy atom. The molecule has 3 aromatic carbocycles. The highest BCUT2D eigenvalue weighted by molar-refractivity contribution is 8.01. The van der Waals surface area contributed by atoms with Gasteiger partial charge >= 0.3 is 0 Å². The van der Waals surface area contributed by atoms with E-state index in [1.165, 1.54) is 36.4 Å². The number of sulfone groups is 1. The van der Waals surface area contributed by atoms with Gasteiger partial charge in [0.25, 0.3) is 0 Å². The van der Waals surface area contributed by atoms with Crippen LogP contribution in [0, 0.1) is 11.6 Å². The average molecular weight is 354 g/mol. The Labute approximate surface area is 144 Å². The Morgan fingerprint density at radius 2 is 1.16 bits per heavy atom. The minimum atomic E-state index is -3.76. The zero-order chi connectivity index (χ0) is 17.6. The SMILES string of the molecule is O=S1(=O)C(c2ccc(F)cc2)=C(c2ccc(F)cc2)c2ccccc21. The molecule has 2 nitrogen and oxygen atoms in total. The molecule has 0 saturated carbocycles. The Morgan fingerprint density at radius 1 is 0.640 bits per heavy atom. The van der Waals surface area contributed by atoms with E-state index in [-0.39, 0.29) is 9.80 Å². The Hall–Kier alpha value is -2.79. The van der Waals surface area contributed by atoms with Crippen molar-refractivity contribution in [2.24, 2.45) is 0 Å². The fourth-order valence-electron chi connectivity index (χ4n) is 3.08. The summed E-state index contributed by atoms with van der Waals surface area (Å²) in [5, 5.41) is 0. The van der Waals surface area contributed by atoms with Crippen molar-refractivity contribution in [2.75, 3.05) is 0 Å². The molecule has 0 atom stereocenters. The van der Waals surface area contributed by atoms with Gasteiger partial charge in [-0.25, -0.2) is 17.2 Å². The van der Waals surface area contributed by atoms with Crippen LogP contribution in [-0.2, 0) is 9.84 Å². The van der Waals surface area contributed by atoms with Crippen molar-refractivity contribution in [3.05, 3.63) is 101 Å². The van der Waals surface area contributed by atoms with Crippen LogP contribution in [0.5, 0.6) is 0 Å². The van der Waals surface area contributed by atoms with Gasteiger partial charge < -0.3 is 0 Å². The molecule has 1 heterocycles. The van der Waals surface area contributed by atoms with E-state index in [0.717, 1.165) is 0 Å². The van der Waals surface area contributed by atoms with Gasteiger partial charge in [0.1, 0.15) is 11.6 Å². The first kappa shape index (κ1) is 15.7. The van der Waals surface area contributed by atoms with Crippen molar-refractivity contribution in [2.45, 2.75) is 4.90 Å².